The van der Waals surface area contributed by atoms with Gasteiger partial charge in [0.2, 0.25) is 0 Å². The molecule has 0 aliphatic carbocycles. The first kappa shape index (κ1) is 13.6. The quantitative estimate of drug-likeness (QED) is 0.884. The van der Waals surface area contributed by atoms with Gasteiger partial charge < -0.3 is 10.1 Å². The molecule has 0 saturated carbocycles. The molecule has 2 nitrogen and oxygen atoms in total. The first-order valence-corrected chi connectivity index (χ1v) is 6.94. The van der Waals surface area contributed by atoms with Gasteiger partial charge >= 0.3 is 0 Å². The molecule has 0 spiro atoms. The van der Waals surface area contributed by atoms with Crippen molar-refractivity contribution < 1.29 is 4.74 Å². The Bertz CT molecular complexity index is 404. The van der Waals surface area contributed by atoms with Crippen LogP contribution in [-0.2, 0) is 4.74 Å². The van der Waals surface area contributed by atoms with E-state index in [0.717, 1.165) is 0 Å². The van der Waals surface area contributed by atoms with Crippen LogP contribution in [0.2, 0.25) is 0 Å². The van der Waals surface area contributed by atoms with Crippen molar-refractivity contribution in [3.63, 3.8) is 0 Å². The average Bonchev–Trinajstić information content (AvgIpc) is 2.59. The summed E-state index contributed by atoms with van der Waals surface area (Å²) in [6, 6.07) is 9.03. The van der Waals surface area contributed by atoms with Crippen LogP contribution in [-0.4, -0.2) is 19.3 Å². The Morgan fingerprint density at radius 2 is 1.78 bits per heavy atom. The molecule has 0 aromatic heterocycles. The van der Waals surface area contributed by atoms with E-state index in [1.165, 1.54) is 11.1 Å². The Hall–Kier alpha value is -0.860. The van der Waals surface area contributed by atoms with E-state index in [-0.39, 0.29) is 0 Å². The van der Waals surface area contributed by atoms with E-state index >= 15 is 0 Å². The molecule has 5 atom stereocenters. The van der Waals surface area contributed by atoms with E-state index in [1.807, 2.05) is 0 Å². The highest BCUT2D eigenvalue weighted by molar-refractivity contribution is 5.29. The molecule has 2 heteroatoms. The second-order valence-electron chi connectivity index (χ2n) is 5.61. The maximum Gasteiger partial charge on any atom is 0.0600 e. The van der Waals surface area contributed by atoms with E-state index < -0.39 is 0 Å². The van der Waals surface area contributed by atoms with Crippen molar-refractivity contribution in [2.24, 2.45) is 11.8 Å². The Balaban J connectivity index is 2.32. The van der Waals surface area contributed by atoms with Crippen molar-refractivity contribution in [1.29, 1.82) is 0 Å². The highest BCUT2D eigenvalue weighted by atomic mass is 16.5. The summed E-state index contributed by atoms with van der Waals surface area (Å²) >= 11 is 0. The molecular weight excluding hydrogens is 222 g/mol. The smallest absolute Gasteiger partial charge is 0.0600 e. The Morgan fingerprint density at radius 1 is 1.11 bits per heavy atom. The van der Waals surface area contributed by atoms with Crippen LogP contribution in [0.5, 0.6) is 0 Å². The molecular formula is C16H25NO. The highest BCUT2D eigenvalue weighted by Crippen LogP contribution is 2.40. The van der Waals surface area contributed by atoms with Gasteiger partial charge in [-0.15, -0.1) is 0 Å². The molecule has 1 saturated heterocycles. The zero-order chi connectivity index (χ0) is 13.3. The summed E-state index contributed by atoms with van der Waals surface area (Å²) in [5.74, 6) is 1.11. The SMILES string of the molecule is CNC(c1ccccc1C)C1C(C)OC(C)C1C. The second-order valence-corrected chi connectivity index (χ2v) is 5.61. The van der Waals surface area contributed by atoms with Crippen molar-refractivity contribution in [3.05, 3.63) is 35.4 Å². The lowest BCUT2D eigenvalue weighted by Crippen LogP contribution is -2.33. The zero-order valence-electron chi connectivity index (χ0n) is 12.1. The van der Waals surface area contributed by atoms with Crippen molar-refractivity contribution in [1.82, 2.24) is 5.32 Å². The van der Waals surface area contributed by atoms with Gasteiger partial charge in [0, 0.05) is 12.0 Å². The number of benzene rings is 1. The fraction of sp³-hybridized carbons (Fsp3) is 0.625. The van der Waals surface area contributed by atoms with E-state index in [4.69, 9.17) is 4.74 Å². The third-order valence-corrected chi connectivity index (χ3v) is 4.54. The third kappa shape index (κ3) is 2.32. The third-order valence-electron chi connectivity index (χ3n) is 4.54. The van der Waals surface area contributed by atoms with E-state index in [0.29, 0.717) is 30.1 Å². The molecule has 100 valence electrons. The second kappa shape index (κ2) is 5.41. The van der Waals surface area contributed by atoms with Gasteiger partial charge in [0.05, 0.1) is 12.2 Å². The van der Waals surface area contributed by atoms with Crippen LogP contribution in [0.15, 0.2) is 24.3 Å². The summed E-state index contributed by atoms with van der Waals surface area (Å²) in [5, 5.41) is 3.50. The van der Waals surface area contributed by atoms with E-state index in [2.05, 4.69) is 64.3 Å². The predicted octanol–water partition coefficient (Wildman–Crippen LogP) is 3.32. The highest BCUT2D eigenvalue weighted by Gasteiger charge is 2.41. The summed E-state index contributed by atoms with van der Waals surface area (Å²) in [6.07, 6.45) is 0.664. The van der Waals surface area contributed by atoms with Gasteiger partial charge in [-0.05, 0) is 44.9 Å². The molecule has 18 heavy (non-hydrogen) atoms. The van der Waals surface area contributed by atoms with Gasteiger partial charge in [0.1, 0.15) is 0 Å². The van der Waals surface area contributed by atoms with Crippen LogP contribution >= 0.6 is 0 Å². The van der Waals surface area contributed by atoms with E-state index in [1.54, 1.807) is 0 Å². The van der Waals surface area contributed by atoms with Gasteiger partial charge in [0.25, 0.3) is 0 Å². The van der Waals surface area contributed by atoms with Crippen LogP contribution in [0.1, 0.15) is 37.9 Å². The van der Waals surface area contributed by atoms with Gasteiger partial charge in [0.15, 0.2) is 0 Å². The van der Waals surface area contributed by atoms with Gasteiger partial charge in [-0.2, -0.15) is 0 Å². The van der Waals surface area contributed by atoms with Gasteiger partial charge in [-0.3, -0.25) is 0 Å². The Morgan fingerprint density at radius 3 is 2.28 bits per heavy atom. The monoisotopic (exact) mass is 247 g/mol. The number of hydrogen-bond acceptors (Lipinski definition) is 2. The first-order valence-electron chi connectivity index (χ1n) is 6.94. The molecule has 1 aromatic rings. The fourth-order valence-corrected chi connectivity index (χ4v) is 3.36. The maximum atomic E-state index is 5.99. The molecule has 5 unspecified atom stereocenters. The van der Waals surface area contributed by atoms with Gasteiger partial charge in [-0.25, -0.2) is 0 Å². The van der Waals surface area contributed by atoms with E-state index in [9.17, 15) is 0 Å². The molecule has 0 amide bonds. The van der Waals surface area contributed by atoms with Crippen molar-refractivity contribution in [2.45, 2.75) is 45.9 Å². The maximum absolute atomic E-state index is 5.99. The molecule has 1 heterocycles. The van der Waals surface area contributed by atoms with Crippen molar-refractivity contribution in [2.75, 3.05) is 7.05 Å². The van der Waals surface area contributed by atoms with Crippen molar-refractivity contribution >= 4 is 0 Å². The summed E-state index contributed by atoms with van der Waals surface area (Å²) in [5.41, 5.74) is 2.76. The Kier molecular flexibility index (Phi) is 4.08. The molecule has 1 aliphatic rings. The summed E-state index contributed by atoms with van der Waals surface area (Å²) in [7, 11) is 2.06. The number of nitrogens with one attached hydrogen (secondary N) is 1. The lowest BCUT2D eigenvalue weighted by Gasteiger charge is -2.30. The lowest BCUT2D eigenvalue weighted by molar-refractivity contribution is 0.0478. The topological polar surface area (TPSA) is 21.3 Å². The standard InChI is InChI=1S/C16H25NO/c1-10-8-6-7-9-14(10)16(17-5)15-11(2)12(3)18-13(15)4/h6-9,11-13,15-17H,1-5H3. The minimum Gasteiger partial charge on any atom is -0.375 e. The normalized spacial score (nSPS) is 33.6. The first-order chi connectivity index (χ1) is 8.56. The molecule has 1 N–H and O–H groups in total. The molecule has 2 rings (SSSR count). The fourth-order valence-electron chi connectivity index (χ4n) is 3.36. The Labute approximate surface area is 111 Å². The number of rotatable bonds is 3. The molecule has 0 radical (unpaired) electrons. The summed E-state index contributed by atoms with van der Waals surface area (Å²) in [4.78, 5) is 0. The molecule has 0 bridgehead atoms. The van der Waals surface area contributed by atoms with Crippen LogP contribution in [0.4, 0.5) is 0 Å². The minimum absolute atomic E-state index is 0.312. The van der Waals surface area contributed by atoms with Crippen molar-refractivity contribution in [3.8, 4) is 0 Å². The number of hydrogen-bond donors (Lipinski definition) is 1. The summed E-state index contributed by atoms with van der Waals surface area (Å²) in [6.45, 7) is 8.88. The zero-order valence-corrected chi connectivity index (χ0v) is 12.1. The molecule has 1 fully saturated rings. The molecule has 1 aromatic carbocycles. The average molecular weight is 247 g/mol. The number of ether oxygens (including phenoxy) is 1. The van der Waals surface area contributed by atoms with Crippen LogP contribution in [0, 0.1) is 18.8 Å². The van der Waals surface area contributed by atoms with Crippen LogP contribution in [0.25, 0.3) is 0 Å². The lowest BCUT2D eigenvalue weighted by atomic mass is 9.79. The number of aryl methyl sites for hydroxylation is 1. The predicted molar refractivity (Wildman–Crippen MR) is 75.6 cm³/mol. The summed E-state index contributed by atoms with van der Waals surface area (Å²) < 4.78 is 5.99. The molecule has 1 aliphatic heterocycles. The van der Waals surface area contributed by atoms with Gasteiger partial charge in [-0.1, -0.05) is 31.2 Å². The van der Waals surface area contributed by atoms with Crippen LogP contribution in [0.3, 0.4) is 0 Å². The minimum atomic E-state index is 0.312. The largest absolute Gasteiger partial charge is 0.375 e. The van der Waals surface area contributed by atoms with Crippen LogP contribution < -0.4 is 5.32 Å².